The Hall–Kier alpha value is -2.29. The van der Waals surface area contributed by atoms with Crippen LogP contribution in [0.2, 0.25) is 0 Å². The van der Waals surface area contributed by atoms with Crippen LogP contribution >= 0.6 is 0 Å². The molecular formula is C20H28N2O5S. The molecule has 0 unspecified atom stereocenters. The highest BCUT2D eigenvalue weighted by atomic mass is 32.2. The fourth-order valence-electron chi connectivity index (χ4n) is 2.26. The molecule has 28 heavy (non-hydrogen) atoms. The molecule has 3 N–H and O–H groups in total. The second-order valence-electron chi connectivity index (χ2n) is 5.45. The number of ether oxygens (including phenoxy) is 3. The highest BCUT2D eigenvalue weighted by Gasteiger charge is 2.16. The summed E-state index contributed by atoms with van der Waals surface area (Å²) < 4.78 is 138. The number of hydrogen-bond donors (Lipinski definition) is 2. The zero-order valence-corrected chi connectivity index (χ0v) is 15.4. The van der Waals surface area contributed by atoms with Gasteiger partial charge in [0.15, 0.2) is 11.5 Å². The SMILES string of the molecule is [2H]C([2H])(COc1ccccc1OC([2H])([2H])C([2H])([2H])[2H])N[C@@H](Cc1ccc(OC([2H])([2H])[2H])c(S(N)(=O)=O)c1)C([2H])([2H])[2H]. The van der Waals surface area contributed by atoms with Crippen molar-refractivity contribution in [1.82, 2.24) is 5.32 Å². The third kappa shape index (κ3) is 6.40. The van der Waals surface area contributed by atoms with Crippen molar-refractivity contribution in [3.05, 3.63) is 48.0 Å². The van der Waals surface area contributed by atoms with E-state index in [9.17, 15) is 8.42 Å². The summed E-state index contributed by atoms with van der Waals surface area (Å²) in [5.74, 6) is -1.15. The maximum atomic E-state index is 12.0. The summed E-state index contributed by atoms with van der Waals surface area (Å²) in [4.78, 5) is -0.713. The fraction of sp³-hybridized carbons (Fsp3) is 0.400. The Morgan fingerprint density at radius 1 is 1.18 bits per heavy atom. The van der Waals surface area contributed by atoms with E-state index in [2.05, 4.69) is 10.1 Å². The zero-order valence-electron chi connectivity index (χ0n) is 27.6. The molecule has 0 aliphatic heterocycles. The summed E-state index contributed by atoms with van der Waals surface area (Å²) in [7, 11) is -7.51. The summed E-state index contributed by atoms with van der Waals surface area (Å²) in [6.45, 7) is -12.5. The van der Waals surface area contributed by atoms with E-state index in [1.807, 2.05) is 0 Å². The van der Waals surface area contributed by atoms with E-state index >= 15 is 0 Å². The van der Waals surface area contributed by atoms with Crippen molar-refractivity contribution in [3.8, 4) is 17.2 Å². The molecule has 0 aromatic heterocycles. The Morgan fingerprint density at radius 2 is 1.96 bits per heavy atom. The van der Waals surface area contributed by atoms with Crippen molar-refractivity contribution >= 4 is 10.0 Å². The molecule has 0 aliphatic rings. The number of primary sulfonamides is 1. The van der Waals surface area contributed by atoms with Crippen LogP contribution in [0.5, 0.6) is 17.2 Å². The number of hydrogen-bond acceptors (Lipinski definition) is 6. The third-order valence-corrected chi connectivity index (χ3v) is 4.38. The minimum atomic E-state index is -4.50. The minimum Gasteiger partial charge on any atom is -0.495 e. The lowest BCUT2D eigenvalue weighted by molar-refractivity contribution is 0.272. The van der Waals surface area contributed by atoms with E-state index in [-0.39, 0.29) is 17.1 Å². The molecule has 0 spiro atoms. The molecule has 0 bridgehead atoms. The van der Waals surface area contributed by atoms with Gasteiger partial charge in [0, 0.05) is 23.5 Å². The van der Waals surface area contributed by atoms with Crippen molar-refractivity contribution in [1.29, 1.82) is 0 Å². The van der Waals surface area contributed by atoms with E-state index < -0.39 is 73.5 Å². The standard InChI is InChI=1S/C20H28N2O5S/c1-4-26-17-7-5-6-8-18(17)27-12-11-22-15(2)13-16-9-10-19(25-3)20(14-16)28(21,23)24/h5-10,14-15,22H,4,11-13H2,1-3H3,(H2,21,23,24)/t15-/m1/s1/i1D3,2D3,3D3,4D2,11D2. The molecule has 154 valence electrons. The number of methoxy groups -OCH3 is 1. The lowest BCUT2D eigenvalue weighted by atomic mass is 10.1. The second kappa shape index (κ2) is 10.3. The molecule has 1 atom stereocenters. The summed E-state index contributed by atoms with van der Waals surface area (Å²) in [5.41, 5.74) is 0.0444. The van der Waals surface area contributed by atoms with Gasteiger partial charge >= 0.3 is 0 Å². The van der Waals surface area contributed by atoms with Crippen molar-refractivity contribution < 1.29 is 40.4 Å². The highest BCUT2D eigenvalue weighted by Crippen LogP contribution is 2.26. The minimum absolute atomic E-state index is 0.0444. The summed E-state index contributed by atoms with van der Waals surface area (Å²) in [5, 5.41) is 7.47. The van der Waals surface area contributed by atoms with Gasteiger partial charge in [-0.3, -0.25) is 0 Å². The number of nitrogens with one attached hydrogen (secondary N) is 1. The van der Waals surface area contributed by atoms with Crippen molar-refractivity contribution in [3.63, 3.8) is 0 Å². The molecule has 0 saturated heterocycles. The van der Waals surface area contributed by atoms with Gasteiger partial charge in [-0.15, -0.1) is 0 Å². The maximum absolute atomic E-state index is 12.0. The molecule has 7 nitrogen and oxygen atoms in total. The maximum Gasteiger partial charge on any atom is 0.241 e. The van der Waals surface area contributed by atoms with Crippen LogP contribution in [0.4, 0.5) is 0 Å². The largest absolute Gasteiger partial charge is 0.495 e. The summed E-state index contributed by atoms with van der Waals surface area (Å²) >= 11 is 0. The molecule has 0 radical (unpaired) electrons. The van der Waals surface area contributed by atoms with E-state index in [1.165, 1.54) is 30.3 Å². The van der Waals surface area contributed by atoms with E-state index in [4.69, 9.17) is 32.4 Å². The van der Waals surface area contributed by atoms with Gasteiger partial charge in [-0.25, -0.2) is 13.6 Å². The third-order valence-electron chi connectivity index (χ3n) is 3.45. The monoisotopic (exact) mass is 421 g/mol. The molecule has 8 heteroatoms. The van der Waals surface area contributed by atoms with Gasteiger partial charge < -0.3 is 19.5 Å². The van der Waals surface area contributed by atoms with Gasteiger partial charge in [0.25, 0.3) is 0 Å². The normalized spacial score (nSPS) is 21.7. The Bertz CT molecular complexity index is 1310. The van der Waals surface area contributed by atoms with Crippen LogP contribution in [-0.2, 0) is 16.4 Å². The van der Waals surface area contributed by atoms with Gasteiger partial charge in [0.2, 0.25) is 10.0 Å². The fourth-order valence-corrected chi connectivity index (χ4v) is 2.97. The molecule has 2 rings (SSSR count). The topological polar surface area (TPSA) is 99.9 Å². The van der Waals surface area contributed by atoms with Crippen molar-refractivity contribution in [2.75, 3.05) is 26.7 Å². The van der Waals surface area contributed by atoms with Crippen LogP contribution in [0.3, 0.4) is 0 Å². The molecule has 0 aliphatic carbocycles. The van der Waals surface area contributed by atoms with Crippen molar-refractivity contribution in [2.24, 2.45) is 5.14 Å². The second-order valence-corrected chi connectivity index (χ2v) is 6.98. The molecule has 0 amide bonds. The number of rotatable bonds is 11. The highest BCUT2D eigenvalue weighted by molar-refractivity contribution is 7.89. The predicted octanol–water partition coefficient (Wildman–Crippen LogP) is 2.34. The zero-order chi connectivity index (χ0) is 31.7. The van der Waals surface area contributed by atoms with E-state index in [1.54, 1.807) is 0 Å². The lowest BCUT2D eigenvalue weighted by Crippen LogP contribution is -2.32. The molecule has 0 saturated carbocycles. The first-order chi connectivity index (χ1) is 18.3. The predicted molar refractivity (Wildman–Crippen MR) is 109 cm³/mol. The Morgan fingerprint density at radius 3 is 2.64 bits per heavy atom. The molecule has 0 fully saturated rings. The van der Waals surface area contributed by atoms with Crippen LogP contribution in [0, 0.1) is 0 Å². The average Bonchev–Trinajstić information content (AvgIpc) is 2.75. The lowest BCUT2D eigenvalue weighted by Gasteiger charge is -2.16. The first kappa shape index (κ1) is 9.96. The van der Waals surface area contributed by atoms with Crippen LogP contribution in [-0.4, -0.2) is 41.2 Å². The Labute approximate surface area is 185 Å². The first-order valence-electron chi connectivity index (χ1n) is 14.3. The van der Waals surface area contributed by atoms with Gasteiger partial charge in [0.05, 0.1) is 20.5 Å². The van der Waals surface area contributed by atoms with E-state index in [0.717, 1.165) is 12.1 Å². The summed E-state index contributed by atoms with van der Waals surface area (Å²) in [6, 6.07) is 6.80. The van der Waals surface area contributed by atoms with E-state index in [0.29, 0.717) is 0 Å². The van der Waals surface area contributed by atoms with Crippen LogP contribution in [0.1, 0.15) is 37.1 Å². The van der Waals surface area contributed by atoms with Gasteiger partial charge in [-0.2, -0.15) is 0 Å². The molecule has 2 aromatic rings. The number of sulfonamides is 1. The molecule has 0 heterocycles. The van der Waals surface area contributed by atoms with Crippen molar-refractivity contribution in [2.45, 2.75) is 31.1 Å². The smallest absolute Gasteiger partial charge is 0.241 e. The van der Waals surface area contributed by atoms with Crippen LogP contribution < -0.4 is 24.7 Å². The Balaban J connectivity index is 2.27. The van der Waals surface area contributed by atoms with Gasteiger partial charge in [-0.1, -0.05) is 18.2 Å². The average molecular weight is 422 g/mol. The number of nitrogens with two attached hydrogens (primary N) is 1. The summed E-state index contributed by atoms with van der Waals surface area (Å²) in [6.07, 6.45) is -0.467. The van der Waals surface area contributed by atoms with Crippen LogP contribution in [0.25, 0.3) is 0 Å². The molecule has 2 aromatic carbocycles. The Kier molecular flexibility index (Phi) is 3.66. The van der Waals surface area contributed by atoms with Gasteiger partial charge in [0.1, 0.15) is 17.3 Å². The first-order valence-corrected chi connectivity index (χ1v) is 9.39. The number of para-hydroxylation sites is 2. The van der Waals surface area contributed by atoms with Crippen LogP contribution in [0.15, 0.2) is 47.4 Å². The number of benzene rings is 2. The van der Waals surface area contributed by atoms with Gasteiger partial charge in [-0.05, 0) is 50.0 Å². The quantitative estimate of drug-likeness (QED) is 0.578. The molecular weight excluding hydrogens is 380 g/mol.